The van der Waals surface area contributed by atoms with Crippen LogP contribution in [0.5, 0.6) is 5.75 Å². The number of hydrogen-bond acceptors (Lipinski definition) is 6. The molecule has 1 aliphatic heterocycles. The number of benzene rings is 1. The lowest BCUT2D eigenvalue weighted by molar-refractivity contribution is -0.117. The molecule has 0 saturated heterocycles. The maximum atomic E-state index is 13.0. The summed E-state index contributed by atoms with van der Waals surface area (Å²) >= 11 is 2.98. The predicted molar refractivity (Wildman–Crippen MR) is 103 cm³/mol. The standard InChI is InChI=1S/C18H23N3O2S2/c1-11-9-18(3,4)21(15-7-6-13(23-5)8-14(11)15)16(22)10-24-17-20-19-12(2)25-17/h6-8,11H,9-10H2,1-5H3/t11-/m1/s1. The minimum atomic E-state index is -0.226. The van der Waals surface area contributed by atoms with Crippen molar-refractivity contribution in [1.29, 1.82) is 0 Å². The second kappa shape index (κ2) is 6.96. The lowest BCUT2D eigenvalue weighted by Gasteiger charge is -2.46. The van der Waals surface area contributed by atoms with E-state index in [2.05, 4.69) is 37.0 Å². The normalized spacial score (nSPS) is 18.8. The first-order valence-electron chi connectivity index (χ1n) is 8.25. The molecule has 0 spiro atoms. The number of hydrogen-bond donors (Lipinski definition) is 0. The molecule has 0 radical (unpaired) electrons. The van der Waals surface area contributed by atoms with Crippen LogP contribution >= 0.6 is 23.1 Å². The van der Waals surface area contributed by atoms with E-state index in [0.29, 0.717) is 11.7 Å². The monoisotopic (exact) mass is 377 g/mol. The first-order valence-corrected chi connectivity index (χ1v) is 10.1. The molecular weight excluding hydrogens is 354 g/mol. The van der Waals surface area contributed by atoms with Gasteiger partial charge in [0.05, 0.1) is 12.9 Å². The zero-order valence-electron chi connectivity index (χ0n) is 15.2. The average Bonchev–Trinajstić information content (AvgIpc) is 2.97. The second-order valence-corrected chi connectivity index (χ2v) is 9.35. The summed E-state index contributed by atoms with van der Waals surface area (Å²) in [5.41, 5.74) is 1.93. The minimum absolute atomic E-state index is 0.0983. The van der Waals surface area contributed by atoms with Crippen LogP contribution in [0.3, 0.4) is 0 Å². The van der Waals surface area contributed by atoms with Crippen molar-refractivity contribution in [1.82, 2.24) is 10.2 Å². The number of aromatic nitrogens is 2. The topological polar surface area (TPSA) is 55.3 Å². The van der Waals surface area contributed by atoms with Gasteiger partial charge in [0.15, 0.2) is 4.34 Å². The smallest absolute Gasteiger partial charge is 0.237 e. The van der Waals surface area contributed by atoms with E-state index in [1.165, 1.54) is 28.7 Å². The molecule has 1 aromatic carbocycles. The van der Waals surface area contributed by atoms with Gasteiger partial charge in [-0.05, 0) is 56.9 Å². The first kappa shape index (κ1) is 18.2. The molecule has 5 nitrogen and oxygen atoms in total. The number of ether oxygens (including phenoxy) is 1. The lowest BCUT2D eigenvalue weighted by atomic mass is 9.80. The highest BCUT2D eigenvalue weighted by molar-refractivity contribution is 8.01. The van der Waals surface area contributed by atoms with Crippen LogP contribution < -0.4 is 9.64 Å². The summed E-state index contributed by atoms with van der Waals surface area (Å²) in [4.78, 5) is 15.0. The van der Waals surface area contributed by atoms with Gasteiger partial charge in [-0.2, -0.15) is 0 Å². The fraction of sp³-hybridized carbons (Fsp3) is 0.500. The van der Waals surface area contributed by atoms with Crippen LogP contribution in [0, 0.1) is 6.92 Å². The summed E-state index contributed by atoms with van der Waals surface area (Å²) in [6.45, 7) is 8.39. The largest absolute Gasteiger partial charge is 0.497 e. The molecular formula is C18H23N3O2S2. The third kappa shape index (κ3) is 3.67. The van der Waals surface area contributed by atoms with Crippen molar-refractivity contribution < 1.29 is 9.53 Å². The first-order chi connectivity index (χ1) is 11.8. The summed E-state index contributed by atoms with van der Waals surface area (Å²) < 4.78 is 6.20. The van der Waals surface area contributed by atoms with Crippen molar-refractivity contribution in [3.63, 3.8) is 0 Å². The van der Waals surface area contributed by atoms with Gasteiger partial charge >= 0.3 is 0 Å². The van der Waals surface area contributed by atoms with Crippen LogP contribution in [0.4, 0.5) is 5.69 Å². The molecule has 134 valence electrons. The molecule has 1 aromatic heterocycles. The summed E-state index contributed by atoms with van der Waals surface area (Å²) in [6.07, 6.45) is 0.918. The zero-order chi connectivity index (χ0) is 18.2. The maximum absolute atomic E-state index is 13.0. The predicted octanol–water partition coefficient (Wildman–Crippen LogP) is 4.27. The Balaban J connectivity index is 1.88. The van der Waals surface area contributed by atoms with Crippen LogP contribution in [-0.2, 0) is 4.79 Å². The zero-order valence-corrected chi connectivity index (χ0v) is 16.8. The SMILES string of the molecule is COc1ccc2c(c1)[C@H](C)CC(C)(C)N2C(=O)CSc1nnc(C)s1. The number of aryl methyl sites for hydroxylation is 1. The van der Waals surface area contributed by atoms with Gasteiger partial charge in [0.1, 0.15) is 10.8 Å². The number of carbonyl (C=O) groups is 1. The third-order valence-corrected chi connectivity index (χ3v) is 6.45. The Kier molecular flexibility index (Phi) is 5.06. The van der Waals surface area contributed by atoms with E-state index in [4.69, 9.17) is 4.74 Å². The number of methoxy groups -OCH3 is 1. The molecule has 3 rings (SSSR count). The van der Waals surface area contributed by atoms with Gasteiger partial charge in [-0.15, -0.1) is 10.2 Å². The van der Waals surface area contributed by atoms with Crippen LogP contribution in [0.1, 0.15) is 43.7 Å². The van der Waals surface area contributed by atoms with E-state index in [9.17, 15) is 4.79 Å². The molecule has 2 heterocycles. The molecule has 0 saturated carbocycles. The van der Waals surface area contributed by atoms with Gasteiger partial charge in [0.2, 0.25) is 5.91 Å². The van der Waals surface area contributed by atoms with E-state index in [1.807, 2.05) is 24.0 Å². The summed E-state index contributed by atoms with van der Waals surface area (Å²) in [5.74, 6) is 1.66. The van der Waals surface area contributed by atoms with E-state index in [0.717, 1.165) is 27.2 Å². The molecule has 1 aliphatic rings. The fourth-order valence-corrected chi connectivity index (χ4v) is 5.20. The van der Waals surface area contributed by atoms with Crippen LogP contribution in [0.15, 0.2) is 22.5 Å². The van der Waals surface area contributed by atoms with Crippen LogP contribution in [0.25, 0.3) is 0 Å². The highest BCUT2D eigenvalue weighted by atomic mass is 32.2. The minimum Gasteiger partial charge on any atom is -0.497 e. The number of thioether (sulfide) groups is 1. The maximum Gasteiger partial charge on any atom is 0.237 e. The number of fused-ring (bicyclic) bond motifs is 1. The van der Waals surface area contributed by atoms with E-state index >= 15 is 0 Å². The highest BCUT2D eigenvalue weighted by Gasteiger charge is 2.39. The molecule has 0 N–H and O–H groups in total. The Bertz CT molecular complexity index is 788. The Morgan fingerprint density at radius 3 is 2.84 bits per heavy atom. The molecule has 25 heavy (non-hydrogen) atoms. The summed E-state index contributed by atoms with van der Waals surface area (Å²) in [7, 11) is 1.67. The van der Waals surface area contributed by atoms with Gasteiger partial charge in [0.25, 0.3) is 0 Å². The van der Waals surface area contributed by atoms with Crippen molar-refractivity contribution >= 4 is 34.7 Å². The van der Waals surface area contributed by atoms with E-state index in [1.54, 1.807) is 7.11 Å². The molecule has 0 fully saturated rings. The van der Waals surface area contributed by atoms with Gasteiger partial charge in [-0.1, -0.05) is 30.0 Å². The third-order valence-electron chi connectivity index (χ3n) is 4.49. The number of nitrogens with zero attached hydrogens (tertiary/aromatic N) is 3. The Hall–Kier alpha value is -1.60. The Morgan fingerprint density at radius 2 is 2.20 bits per heavy atom. The van der Waals surface area contributed by atoms with Gasteiger partial charge in [-0.25, -0.2) is 0 Å². The Labute approximate surface area is 156 Å². The van der Waals surface area contributed by atoms with Crippen molar-refractivity contribution in [3.8, 4) is 5.75 Å². The van der Waals surface area contributed by atoms with Gasteiger partial charge in [0, 0.05) is 11.2 Å². The molecule has 0 unspecified atom stereocenters. The molecule has 2 aromatic rings. The van der Waals surface area contributed by atoms with Gasteiger partial charge in [-0.3, -0.25) is 4.79 Å². The Morgan fingerprint density at radius 1 is 1.44 bits per heavy atom. The lowest BCUT2D eigenvalue weighted by Crippen LogP contribution is -2.52. The van der Waals surface area contributed by atoms with Crippen molar-refractivity contribution in [2.75, 3.05) is 17.8 Å². The number of amides is 1. The molecule has 1 atom stereocenters. The van der Waals surface area contributed by atoms with E-state index < -0.39 is 0 Å². The number of anilines is 1. The van der Waals surface area contributed by atoms with Crippen molar-refractivity contribution in [2.24, 2.45) is 0 Å². The molecule has 0 aliphatic carbocycles. The van der Waals surface area contributed by atoms with Crippen molar-refractivity contribution in [3.05, 3.63) is 28.8 Å². The average molecular weight is 378 g/mol. The number of carbonyl (C=O) groups excluding carboxylic acids is 1. The van der Waals surface area contributed by atoms with Crippen molar-refractivity contribution in [2.45, 2.75) is 49.9 Å². The fourth-order valence-electron chi connectivity index (χ4n) is 3.53. The molecule has 0 bridgehead atoms. The van der Waals surface area contributed by atoms with Crippen LogP contribution in [0.2, 0.25) is 0 Å². The summed E-state index contributed by atoms with van der Waals surface area (Å²) in [6, 6.07) is 5.98. The van der Waals surface area contributed by atoms with Gasteiger partial charge < -0.3 is 9.64 Å². The second-order valence-electron chi connectivity index (χ2n) is 6.95. The van der Waals surface area contributed by atoms with E-state index in [-0.39, 0.29) is 11.4 Å². The highest BCUT2D eigenvalue weighted by Crippen LogP contribution is 2.45. The number of rotatable bonds is 4. The summed E-state index contributed by atoms with van der Waals surface area (Å²) in [5, 5.41) is 9.02. The quantitative estimate of drug-likeness (QED) is 0.745. The molecule has 7 heteroatoms. The van der Waals surface area contributed by atoms with Crippen LogP contribution in [-0.4, -0.2) is 34.5 Å². The molecule has 1 amide bonds.